The molecule has 0 saturated carbocycles. The zero-order valence-electron chi connectivity index (χ0n) is 18.5. The van der Waals surface area contributed by atoms with E-state index in [1.54, 1.807) is 6.08 Å². The molecule has 0 amide bonds. The van der Waals surface area contributed by atoms with E-state index in [0.717, 1.165) is 51.1 Å². The molecule has 3 aromatic rings. The lowest BCUT2D eigenvalue weighted by atomic mass is 10.2. The Labute approximate surface area is 178 Å². The molecule has 0 atom stereocenters. The first-order chi connectivity index (χ1) is 14.3. The minimum Gasteiger partial charge on any atom is -0.483 e. The molecule has 0 radical (unpaired) electrons. The summed E-state index contributed by atoms with van der Waals surface area (Å²) in [7, 11) is 0. The predicted molar refractivity (Wildman–Crippen MR) is 118 cm³/mol. The largest absolute Gasteiger partial charge is 0.483 e. The first-order valence-corrected chi connectivity index (χ1v) is 9.92. The lowest BCUT2D eigenvalue weighted by Crippen LogP contribution is -2.08. The molecule has 30 heavy (non-hydrogen) atoms. The Morgan fingerprint density at radius 1 is 0.667 bits per heavy atom. The van der Waals surface area contributed by atoms with Crippen molar-refractivity contribution < 1.29 is 9.47 Å². The number of hydrogen-bond acceptors (Lipinski definition) is 6. The first-order valence-electron chi connectivity index (χ1n) is 9.92. The third kappa shape index (κ3) is 4.82. The Morgan fingerprint density at radius 3 is 1.63 bits per heavy atom. The maximum absolute atomic E-state index is 6.09. The fraction of sp³-hybridized carbons (Fsp3) is 0.333. The van der Waals surface area contributed by atoms with Gasteiger partial charge in [0.15, 0.2) is 11.5 Å². The zero-order valence-corrected chi connectivity index (χ0v) is 18.5. The van der Waals surface area contributed by atoms with Gasteiger partial charge in [0.2, 0.25) is 0 Å². The minimum atomic E-state index is 0.305. The van der Waals surface area contributed by atoms with Crippen LogP contribution in [0.2, 0.25) is 0 Å². The van der Waals surface area contributed by atoms with Gasteiger partial charge in [-0.25, -0.2) is 0 Å². The summed E-state index contributed by atoms with van der Waals surface area (Å²) < 4.78 is 12.2. The van der Waals surface area contributed by atoms with Gasteiger partial charge in [-0.15, -0.1) is 0 Å². The molecule has 6 heteroatoms. The molecule has 0 saturated heterocycles. The number of nitrogens with zero attached hydrogens (tertiary/aromatic N) is 4. The highest BCUT2D eigenvalue weighted by Gasteiger charge is 2.12. The number of aromatic nitrogens is 4. The average molecular weight is 405 g/mol. The highest BCUT2D eigenvalue weighted by Crippen LogP contribution is 2.30. The van der Waals surface area contributed by atoms with Gasteiger partial charge in [-0.1, -0.05) is 18.7 Å². The molecule has 2 aromatic heterocycles. The van der Waals surface area contributed by atoms with Crippen molar-refractivity contribution in [2.45, 2.75) is 54.8 Å². The summed E-state index contributed by atoms with van der Waals surface area (Å²) >= 11 is 0. The van der Waals surface area contributed by atoms with Gasteiger partial charge in [0.25, 0.3) is 0 Å². The van der Waals surface area contributed by atoms with E-state index in [9.17, 15) is 0 Å². The Bertz CT molecular complexity index is 1090. The minimum absolute atomic E-state index is 0.305. The molecule has 0 spiro atoms. The van der Waals surface area contributed by atoms with E-state index in [1.807, 2.05) is 59.7 Å². The van der Waals surface area contributed by atoms with E-state index in [0.29, 0.717) is 24.7 Å². The van der Waals surface area contributed by atoms with E-state index in [2.05, 4.69) is 26.5 Å². The Balaban J connectivity index is 1.82. The molecular formula is C24H28N4O2. The van der Waals surface area contributed by atoms with Crippen molar-refractivity contribution in [1.29, 1.82) is 0 Å². The Morgan fingerprint density at radius 2 is 1.13 bits per heavy atom. The summed E-state index contributed by atoms with van der Waals surface area (Å²) in [6, 6.07) is 5.73. The average Bonchev–Trinajstić information content (AvgIpc) is 2.71. The highest BCUT2D eigenvalue weighted by atomic mass is 16.5. The topological polar surface area (TPSA) is 70.0 Å². The second-order valence-electron chi connectivity index (χ2n) is 7.34. The molecule has 0 aliphatic heterocycles. The number of ether oxygens (including phenoxy) is 2. The van der Waals surface area contributed by atoms with Crippen molar-refractivity contribution in [3.05, 3.63) is 75.9 Å². The lowest BCUT2D eigenvalue weighted by molar-refractivity contribution is 0.250. The van der Waals surface area contributed by atoms with Crippen molar-refractivity contribution in [1.82, 2.24) is 19.9 Å². The maximum Gasteiger partial charge on any atom is 0.162 e. The molecule has 0 aliphatic carbocycles. The van der Waals surface area contributed by atoms with Gasteiger partial charge in [0.1, 0.15) is 13.2 Å². The van der Waals surface area contributed by atoms with Gasteiger partial charge in [-0.05, 0) is 59.2 Å². The van der Waals surface area contributed by atoms with Gasteiger partial charge < -0.3 is 9.47 Å². The second kappa shape index (κ2) is 9.03. The van der Waals surface area contributed by atoms with E-state index < -0.39 is 0 Å². The molecule has 1 aromatic carbocycles. The summed E-state index contributed by atoms with van der Waals surface area (Å²) in [6.45, 7) is 16.2. The highest BCUT2D eigenvalue weighted by molar-refractivity contribution is 5.54. The van der Waals surface area contributed by atoms with Gasteiger partial charge in [0, 0.05) is 0 Å². The standard InChI is InChI=1S/C24H28N4O2/c1-8-20-9-10-23(29-12-21-18(6)25-14(2)16(4)27-21)24(11-20)30-13-22-19(7)26-15(3)17(5)28-22/h8-11H,1,12-13H2,2-7H3. The number of aryl methyl sites for hydroxylation is 6. The van der Waals surface area contributed by atoms with Crippen LogP contribution in [-0.4, -0.2) is 19.9 Å². The molecule has 0 N–H and O–H groups in total. The zero-order chi connectivity index (χ0) is 21.8. The molecule has 0 unspecified atom stereocenters. The van der Waals surface area contributed by atoms with Crippen LogP contribution in [0, 0.1) is 41.5 Å². The van der Waals surface area contributed by atoms with Crippen LogP contribution in [0.15, 0.2) is 24.8 Å². The fourth-order valence-electron chi connectivity index (χ4n) is 2.97. The number of hydrogen-bond donors (Lipinski definition) is 0. The van der Waals surface area contributed by atoms with Gasteiger partial charge in [-0.2, -0.15) is 0 Å². The fourth-order valence-corrected chi connectivity index (χ4v) is 2.97. The van der Waals surface area contributed by atoms with Crippen molar-refractivity contribution in [2.75, 3.05) is 0 Å². The molecule has 2 heterocycles. The van der Waals surface area contributed by atoms with E-state index in [4.69, 9.17) is 9.47 Å². The van der Waals surface area contributed by atoms with Crippen molar-refractivity contribution in [3.8, 4) is 11.5 Å². The molecule has 156 valence electrons. The van der Waals surface area contributed by atoms with Crippen LogP contribution in [0.25, 0.3) is 6.08 Å². The van der Waals surface area contributed by atoms with Crippen molar-refractivity contribution >= 4 is 6.08 Å². The van der Waals surface area contributed by atoms with Crippen LogP contribution in [0.4, 0.5) is 0 Å². The van der Waals surface area contributed by atoms with Crippen LogP contribution in [-0.2, 0) is 13.2 Å². The number of benzene rings is 1. The third-order valence-electron chi connectivity index (χ3n) is 5.09. The van der Waals surface area contributed by atoms with Crippen molar-refractivity contribution in [3.63, 3.8) is 0 Å². The normalized spacial score (nSPS) is 10.7. The quantitative estimate of drug-likeness (QED) is 0.557. The molecule has 0 fully saturated rings. The van der Waals surface area contributed by atoms with E-state index in [-0.39, 0.29) is 0 Å². The van der Waals surface area contributed by atoms with Gasteiger partial charge in [-0.3, -0.25) is 19.9 Å². The summed E-state index contributed by atoms with van der Waals surface area (Å²) in [6.07, 6.45) is 1.77. The molecular weight excluding hydrogens is 376 g/mol. The van der Waals surface area contributed by atoms with Gasteiger partial charge in [0.05, 0.1) is 45.6 Å². The Kier molecular flexibility index (Phi) is 6.45. The summed E-state index contributed by atoms with van der Waals surface area (Å²) in [4.78, 5) is 18.3. The Hall–Kier alpha value is -3.28. The number of rotatable bonds is 7. The SMILES string of the molecule is C=Cc1ccc(OCc2nc(C)c(C)nc2C)c(OCc2nc(C)c(C)nc2C)c1. The lowest BCUT2D eigenvalue weighted by Gasteiger charge is -2.15. The second-order valence-corrected chi connectivity index (χ2v) is 7.34. The van der Waals surface area contributed by atoms with E-state index in [1.165, 1.54) is 0 Å². The molecule has 3 rings (SSSR count). The molecule has 0 aliphatic rings. The van der Waals surface area contributed by atoms with Crippen LogP contribution in [0.1, 0.15) is 51.1 Å². The molecule has 6 nitrogen and oxygen atoms in total. The first kappa shape index (κ1) is 21.4. The smallest absolute Gasteiger partial charge is 0.162 e. The van der Waals surface area contributed by atoms with Crippen LogP contribution >= 0.6 is 0 Å². The predicted octanol–water partition coefficient (Wildman–Crippen LogP) is 4.92. The summed E-state index contributed by atoms with van der Waals surface area (Å²) in [5, 5.41) is 0. The third-order valence-corrected chi connectivity index (χ3v) is 5.09. The van der Waals surface area contributed by atoms with Crippen LogP contribution in [0.3, 0.4) is 0 Å². The van der Waals surface area contributed by atoms with Crippen LogP contribution in [0.5, 0.6) is 11.5 Å². The maximum atomic E-state index is 6.09. The van der Waals surface area contributed by atoms with Gasteiger partial charge >= 0.3 is 0 Å². The van der Waals surface area contributed by atoms with Crippen molar-refractivity contribution in [2.24, 2.45) is 0 Å². The molecule has 0 bridgehead atoms. The summed E-state index contributed by atoms with van der Waals surface area (Å²) in [5.41, 5.74) is 7.96. The van der Waals surface area contributed by atoms with Crippen LogP contribution < -0.4 is 9.47 Å². The monoisotopic (exact) mass is 404 g/mol. The van der Waals surface area contributed by atoms with E-state index >= 15 is 0 Å². The summed E-state index contributed by atoms with van der Waals surface area (Å²) in [5.74, 6) is 1.26.